The van der Waals surface area contributed by atoms with Gasteiger partial charge in [0.2, 0.25) is 0 Å². The van der Waals surface area contributed by atoms with E-state index >= 15 is 0 Å². The van der Waals surface area contributed by atoms with Crippen molar-refractivity contribution >= 4 is 15.9 Å². The molecule has 0 N–H and O–H groups in total. The third-order valence-corrected chi connectivity index (χ3v) is 3.21. The molecule has 1 saturated carbocycles. The zero-order chi connectivity index (χ0) is 9.31. The van der Waals surface area contributed by atoms with Crippen LogP contribution in [0.25, 0.3) is 0 Å². The number of rotatable bonds is 2. The molecule has 0 nitrogen and oxygen atoms in total. The van der Waals surface area contributed by atoms with Gasteiger partial charge in [-0.05, 0) is 37.0 Å². The number of hydrogen-bond acceptors (Lipinski definition) is 0. The summed E-state index contributed by atoms with van der Waals surface area (Å²) in [6, 6.07) is 7.92. The first-order valence-electron chi connectivity index (χ1n) is 4.61. The average molecular weight is 243 g/mol. The quantitative estimate of drug-likeness (QED) is 0.739. The Morgan fingerprint density at radius 2 is 1.85 bits per heavy atom. The molecular weight excluding hydrogens is 231 g/mol. The van der Waals surface area contributed by atoms with Gasteiger partial charge in [-0.15, -0.1) is 0 Å². The van der Waals surface area contributed by atoms with Gasteiger partial charge in [0.05, 0.1) is 0 Å². The van der Waals surface area contributed by atoms with Gasteiger partial charge >= 0.3 is 0 Å². The number of hydrogen-bond donors (Lipinski definition) is 0. The Kier molecular flexibility index (Phi) is 2.41. The van der Waals surface area contributed by atoms with Crippen molar-refractivity contribution < 1.29 is 4.39 Å². The second kappa shape index (κ2) is 3.41. The lowest BCUT2D eigenvalue weighted by Gasteiger charge is -2.33. The van der Waals surface area contributed by atoms with E-state index < -0.39 is 5.67 Å². The standard InChI is InChI=1S/C11H12BrF/c12-10-4-2-9(3-5-10)8-11(13)6-1-7-11/h2-5H,1,6-8H2. The predicted molar refractivity (Wildman–Crippen MR) is 55.5 cm³/mol. The van der Waals surface area contributed by atoms with E-state index in [4.69, 9.17) is 0 Å². The molecule has 70 valence electrons. The van der Waals surface area contributed by atoms with Crippen LogP contribution in [0.1, 0.15) is 24.8 Å². The van der Waals surface area contributed by atoms with Gasteiger partial charge in [-0.2, -0.15) is 0 Å². The lowest BCUT2D eigenvalue weighted by Crippen LogP contribution is -2.33. The average Bonchev–Trinajstić information content (AvgIpc) is 2.06. The predicted octanol–water partition coefficient (Wildman–Crippen LogP) is 3.88. The van der Waals surface area contributed by atoms with E-state index in [-0.39, 0.29) is 0 Å². The molecule has 1 aromatic rings. The Morgan fingerprint density at radius 1 is 1.23 bits per heavy atom. The van der Waals surface area contributed by atoms with Crippen molar-refractivity contribution in [1.82, 2.24) is 0 Å². The molecule has 1 fully saturated rings. The molecule has 0 spiro atoms. The van der Waals surface area contributed by atoms with Gasteiger partial charge in [0.15, 0.2) is 0 Å². The minimum atomic E-state index is -0.895. The molecule has 2 heteroatoms. The van der Waals surface area contributed by atoms with Crippen LogP contribution in [0.5, 0.6) is 0 Å². The van der Waals surface area contributed by atoms with Crippen LogP contribution in [0.2, 0.25) is 0 Å². The summed E-state index contributed by atoms with van der Waals surface area (Å²) in [6.45, 7) is 0. The van der Waals surface area contributed by atoms with E-state index in [0.717, 1.165) is 29.3 Å². The maximum Gasteiger partial charge on any atom is 0.115 e. The van der Waals surface area contributed by atoms with Crippen molar-refractivity contribution in [2.24, 2.45) is 0 Å². The van der Waals surface area contributed by atoms with Crippen LogP contribution in [0.4, 0.5) is 4.39 Å². The largest absolute Gasteiger partial charge is 0.244 e. The Bertz CT molecular complexity index is 287. The highest BCUT2D eigenvalue weighted by Crippen LogP contribution is 2.38. The zero-order valence-corrected chi connectivity index (χ0v) is 8.98. The lowest BCUT2D eigenvalue weighted by atomic mass is 9.78. The van der Waals surface area contributed by atoms with E-state index in [0.29, 0.717) is 6.42 Å². The summed E-state index contributed by atoms with van der Waals surface area (Å²) in [5.41, 5.74) is 0.207. The Morgan fingerprint density at radius 3 is 2.31 bits per heavy atom. The van der Waals surface area contributed by atoms with Crippen molar-refractivity contribution in [2.75, 3.05) is 0 Å². The zero-order valence-electron chi connectivity index (χ0n) is 7.39. The van der Waals surface area contributed by atoms with Crippen LogP contribution in [-0.4, -0.2) is 5.67 Å². The fourth-order valence-electron chi connectivity index (χ4n) is 1.71. The van der Waals surface area contributed by atoms with Crippen molar-refractivity contribution in [3.05, 3.63) is 34.3 Å². The summed E-state index contributed by atoms with van der Waals surface area (Å²) < 4.78 is 14.7. The molecule has 0 amide bonds. The van der Waals surface area contributed by atoms with Crippen LogP contribution < -0.4 is 0 Å². The van der Waals surface area contributed by atoms with Gasteiger partial charge in [0.25, 0.3) is 0 Å². The normalized spacial score (nSPS) is 19.5. The molecule has 0 radical (unpaired) electrons. The summed E-state index contributed by atoms with van der Waals surface area (Å²) in [6.07, 6.45) is 3.11. The van der Waals surface area contributed by atoms with Crippen molar-refractivity contribution in [1.29, 1.82) is 0 Å². The fraction of sp³-hybridized carbons (Fsp3) is 0.455. The molecule has 0 aromatic heterocycles. The van der Waals surface area contributed by atoms with Crippen molar-refractivity contribution in [3.63, 3.8) is 0 Å². The van der Waals surface area contributed by atoms with Gasteiger partial charge in [-0.1, -0.05) is 28.1 Å². The van der Waals surface area contributed by atoms with Crippen LogP contribution in [0, 0.1) is 0 Å². The monoisotopic (exact) mass is 242 g/mol. The molecular formula is C11H12BrF. The molecule has 1 aromatic carbocycles. The molecule has 0 bridgehead atoms. The van der Waals surface area contributed by atoms with E-state index in [9.17, 15) is 4.39 Å². The van der Waals surface area contributed by atoms with Crippen LogP contribution >= 0.6 is 15.9 Å². The van der Waals surface area contributed by atoms with E-state index in [2.05, 4.69) is 15.9 Å². The Hall–Kier alpha value is -0.370. The second-order valence-corrected chi connectivity index (χ2v) is 4.72. The lowest BCUT2D eigenvalue weighted by molar-refractivity contribution is 0.0641. The molecule has 2 rings (SSSR count). The smallest absolute Gasteiger partial charge is 0.115 e. The third-order valence-electron chi connectivity index (χ3n) is 2.68. The maximum absolute atomic E-state index is 13.7. The maximum atomic E-state index is 13.7. The summed E-state index contributed by atoms with van der Waals surface area (Å²) >= 11 is 3.36. The topological polar surface area (TPSA) is 0 Å². The SMILES string of the molecule is FC1(Cc2ccc(Br)cc2)CCC1. The summed E-state index contributed by atoms with van der Waals surface area (Å²) in [5, 5.41) is 0. The summed E-state index contributed by atoms with van der Waals surface area (Å²) in [5.74, 6) is 0. The van der Waals surface area contributed by atoms with E-state index in [1.54, 1.807) is 0 Å². The van der Waals surface area contributed by atoms with Crippen LogP contribution in [-0.2, 0) is 6.42 Å². The number of benzene rings is 1. The highest BCUT2D eigenvalue weighted by atomic mass is 79.9. The first-order valence-corrected chi connectivity index (χ1v) is 5.41. The number of halogens is 2. The van der Waals surface area contributed by atoms with E-state index in [1.807, 2.05) is 24.3 Å². The van der Waals surface area contributed by atoms with Crippen LogP contribution in [0.15, 0.2) is 28.7 Å². The van der Waals surface area contributed by atoms with Gasteiger partial charge in [-0.25, -0.2) is 4.39 Å². The summed E-state index contributed by atoms with van der Waals surface area (Å²) in [7, 11) is 0. The van der Waals surface area contributed by atoms with Gasteiger partial charge in [0.1, 0.15) is 5.67 Å². The molecule has 0 heterocycles. The van der Waals surface area contributed by atoms with Crippen LogP contribution in [0.3, 0.4) is 0 Å². The highest BCUT2D eigenvalue weighted by molar-refractivity contribution is 9.10. The molecule has 13 heavy (non-hydrogen) atoms. The second-order valence-electron chi connectivity index (χ2n) is 3.81. The third kappa shape index (κ3) is 2.11. The van der Waals surface area contributed by atoms with E-state index in [1.165, 1.54) is 0 Å². The van der Waals surface area contributed by atoms with Crippen molar-refractivity contribution in [2.45, 2.75) is 31.4 Å². The molecule has 0 saturated heterocycles. The fourth-order valence-corrected chi connectivity index (χ4v) is 1.97. The minimum absolute atomic E-state index is 0.584. The van der Waals surface area contributed by atoms with Gasteiger partial charge < -0.3 is 0 Å². The first kappa shape index (κ1) is 9.20. The first-order chi connectivity index (χ1) is 6.18. The molecule has 1 aliphatic carbocycles. The highest BCUT2D eigenvalue weighted by Gasteiger charge is 2.36. The summed E-state index contributed by atoms with van der Waals surface area (Å²) in [4.78, 5) is 0. The van der Waals surface area contributed by atoms with Gasteiger partial charge in [-0.3, -0.25) is 0 Å². The molecule has 0 atom stereocenters. The Balaban J connectivity index is 2.05. The molecule has 0 aliphatic heterocycles. The minimum Gasteiger partial charge on any atom is -0.244 e. The Labute approximate surface area is 86.3 Å². The molecule has 1 aliphatic rings. The van der Waals surface area contributed by atoms with Gasteiger partial charge in [0, 0.05) is 10.9 Å². The number of alkyl halides is 1. The molecule has 0 unspecified atom stereocenters. The van der Waals surface area contributed by atoms with Crippen molar-refractivity contribution in [3.8, 4) is 0 Å².